The third-order valence-corrected chi connectivity index (χ3v) is 2.91. The number of hydrogen-bond acceptors (Lipinski definition) is 4. The Balaban J connectivity index is 2.28. The molecule has 0 bridgehead atoms. The van der Waals surface area contributed by atoms with E-state index in [2.05, 4.69) is 18.0 Å². The number of carbonyl (C=O) groups is 1. The second-order valence-electron chi connectivity index (χ2n) is 4.47. The average Bonchev–Trinajstić information content (AvgIpc) is 2.58. The number of carbonyl (C=O) groups excluding carboxylic acids is 1. The van der Waals surface area contributed by atoms with Crippen LogP contribution >= 0.6 is 0 Å². The Labute approximate surface area is 136 Å². The summed E-state index contributed by atoms with van der Waals surface area (Å²) in [6, 6.07) is 7.53. The minimum Gasteiger partial charge on any atom is -0.420 e. The zero-order valence-electron chi connectivity index (χ0n) is 12.4. The largest absolute Gasteiger partial charge is 0.420 e. The minimum atomic E-state index is -0.808. The van der Waals surface area contributed by atoms with Crippen LogP contribution in [0.25, 0.3) is 11.1 Å². The fourth-order valence-electron chi connectivity index (χ4n) is 1.80. The van der Waals surface area contributed by atoms with Crippen LogP contribution in [0.1, 0.15) is 0 Å². The maximum atomic E-state index is 13.9. The SMILES string of the molecule is C=CC(=O)Oc1ccc(-c2ccc(O[N+](=O)C=C)c(F)c2)cc1F. The van der Waals surface area contributed by atoms with Gasteiger partial charge in [-0.3, -0.25) is 0 Å². The van der Waals surface area contributed by atoms with Gasteiger partial charge in [-0.2, -0.15) is 4.84 Å². The number of rotatable bonds is 6. The fourth-order valence-corrected chi connectivity index (χ4v) is 1.80. The average molecular weight is 332 g/mol. The van der Waals surface area contributed by atoms with Crippen molar-refractivity contribution in [2.24, 2.45) is 0 Å². The Morgan fingerprint density at radius 3 is 2.00 bits per heavy atom. The third kappa shape index (κ3) is 3.89. The van der Waals surface area contributed by atoms with Crippen LogP contribution in [0, 0.1) is 16.5 Å². The predicted octanol–water partition coefficient (Wildman–Crippen LogP) is 3.94. The molecule has 0 aliphatic rings. The molecule has 2 aromatic rings. The molecule has 122 valence electrons. The van der Waals surface area contributed by atoms with Crippen LogP contribution in [-0.4, -0.2) is 10.9 Å². The Hall–Kier alpha value is -3.35. The highest BCUT2D eigenvalue weighted by Gasteiger charge is 2.15. The molecule has 0 N–H and O–H groups in total. The van der Waals surface area contributed by atoms with Crippen molar-refractivity contribution < 1.29 is 28.1 Å². The predicted molar refractivity (Wildman–Crippen MR) is 82.1 cm³/mol. The molecule has 5 nitrogen and oxygen atoms in total. The van der Waals surface area contributed by atoms with Crippen molar-refractivity contribution in [3.05, 3.63) is 78.4 Å². The van der Waals surface area contributed by atoms with E-state index < -0.39 is 17.6 Å². The lowest BCUT2D eigenvalue weighted by Gasteiger charge is -2.07. The van der Waals surface area contributed by atoms with E-state index in [1.54, 1.807) is 0 Å². The lowest BCUT2D eigenvalue weighted by atomic mass is 10.0. The van der Waals surface area contributed by atoms with E-state index in [0.29, 0.717) is 11.1 Å². The summed E-state index contributed by atoms with van der Waals surface area (Å²) in [5.74, 6) is -2.96. The van der Waals surface area contributed by atoms with E-state index in [-0.39, 0.29) is 16.4 Å². The molecule has 0 saturated carbocycles. The molecule has 0 aliphatic carbocycles. The van der Waals surface area contributed by atoms with Crippen LogP contribution < -0.4 is 9.57 Å². The first-order valence-corrected chi connectivity index (χ1v) is 6.65. The maximum Gasteiger partial charge on any atom is 0.335 e. The summed E-state index contributed by atoms with van der Waals surface area (Å²) in [5.41, 5.74) is 0.690. The molecule has 0 radical (unpaired) electrons. The Kier molecular flexibility index (Phi) is 5.16. The lowest BCUT2D eigenvalue weighted by Crippen LogP contribution is -2.06. The molecule has 0 aliphatic heterocycles. The fraction of sp³-hybridized carbons (Fsp3) is 0. The quantitative estimate of drug-likeness (QED) is 0.348. The van der Waals surface area contributed by atoms with Gasteiger partial charge >= 0.3 is 5.97 Å². The molecule has 2 aromatic carbocycles. The van der Waals surface area contributed by atoms with Gasteiger partial charge in [-0.05, 0) is 42.0 Å². The zero-order valence-corrected chi connectivity index (χ0v) is 12.4. The van der Waals surface area contributed by atoms with Crippen molar-refractivity contribution >= 4 is 5.97 Å². The highest BCUT2D eigenvalue weighted by molar-refractivity contribution is 5.83. The standard InChI is InChI=1S/C17H12F2NO4/c1-3-17(21)23-15-7-5-11(9-13(15)18)12-6-8-16(14(19)10-12)24-20(22)4-2/h3-10H,1-2H2/q+1. The van der Waals surface area contributed by atoms with Crippen LogP contribution in [0.2, 0.25) is 0 Å². The van der Waals surface area contributed by atoms with Crippen molar-refractivity contribution in [3.8, 4) is 22.6 Å². The molecule has 0 fully saturated rings. The summed E-state index contributed by atoms with van der Waals surface area (Å²) < 4.78 is 32.6. The number of benzene rings is 2. The summed E-state index contributed by atoms with van der Waals surface area (Å²) in [4.78, 5) is 26.7. The number of nitrogens with zero attached hydrogens (tertiary/aromatic N) is 1. The van der Waals surface area contributed by atoms with E-state index in [4.69, 9.17) is 4.74 Å². The monoisotopic (exact) mass is 332 g/mol. The van der Waals surface area contributed by atoms with Crippen molar-refractivity contribution in [1.82, 2.24) is 0 Å². The van der Waals surface area contributed by atoms with Gasteiger partial charge in [-0.15, -0.1) is 0 Å². The molecule has 0 aromatic heterocycles. The van der Waals surface area contributed by atoms with E-state index >= 15 is 0 Å². The van der Waals surface area contributed by atoms with E-state index in [0.717, 1.165) is 24.4 Å². The van der Waals surface area contributed by atoms with Gasteiger partial charge in [0.2, 0.25) is 5.75 Å². The second kappa shape index (κ2) is 7.28. The summed E-state index contributed by atoms with van der Waals surface area (Å²) in [6.45, 7) is 6.39. The molecule has 0 heterocycles. The van der Waals surface area contributed by atoms with Gasteiger partial charge < -0.3 is 4.74 Å². The highest BCUT2D eigenvalue weighted by atomic mass is 19.1. The molecule has 2 rings (SSSR count). The Morgan fingerprint density at radius 2 is 1.54 bits per heavy atom. The molecular formula is C17H12F2NO4+. The molecule has 0 unspecified atom stereocenters. The van der Waals surface area contributed by atoms with Crippen molar-refractivity contribution in [3.63, 3.8) is 0 Å². The van der Waals surface area contributed by atoms with Gasteiger partial charge in [0, 0.05) is 6.08 Å². The van der Waals surface area contributed by atoms with Gasteiger partial charge in [0.1, 0.15) is 0 Å². The molecule has 0 amide bonds. The topological polar surface area (TPSA) is 55.6 Å². The number of ether oxygens (including phenoxy) is 1. The molecule has 0 spiro atoms. The van der Waals surface area contributed by atoms with Crippen molar-refractivity contribution in [1.29, 1.82) is 0 Å². The first-order valence-electron chi connectivity index (χ1n) is 6.65. The summed E-state index contributed by atoms with van der Waals surface area (Å²) >= 11 is 0. The van der Waals surface area contributed by atoms with Crippen molar-refractivity contribution in [2.45, 2.75) is 0 Å². The highest BCUT2D eigenvalue weighted by Crippen LogP contribution is 2.29. The van der Waals surface area contributed by atoms with Gasteiger partial charge in [-0.1, -0.05) is 18.7 Å². The van der Waals surface area contributed by atoms with Crippen LogP contribution in [0.4, 0.5) is 8.78 Å². The van der Waals surface area contributed by atoms with E-state index in [1.807, 2.05) is 0 Å². The van der Waals surface area contributed by atoms with Crippen molar-refractivity contribution in [2.75, 3.05) is 0 Å². The molecular weight excluding hydrogens is 320 g/mol. The molecule has 24 heavy (non-hydrogen) atoms. The summed E-state index contributed by atoms with van der Waals surface area (Å²) in [5, 5.41) is 0. The normalized spacial score (nSPS) is 9.92. The lowest BCUT2D eigenvalue weighted by molar-refractivity contribution is -0.710. The van der Waals surface area contributed by atoms with Crippen LogP contribution in [0.5, 0.6) is 11.5 Å². The zero-order chi connectivity index (χ0) is 17.7. The molecule has 0 saturated heterocycles. The third-order valence-electron chi connectivity index (χ3n) is 2.91. The summed E-state index contributed by atoms with van der Waals surface area (Å²) in [7, 11) is 0. The number of halogens is 2. The van der Waals surface area contributed by atoms with Gasteiger partial charge in [0.15, 0.2) is 17.4 Å². The summed E-state index contributed by atoms with van der Waals surface area (Å²) in [6.07, 6.45) is 1.73. The maximum absolute atomic E-state index is 13.9. The Morgan fingerprint density at radius 1 is 1.00 bits per heavy atom. The number of hydrogen-bond donors (Lipinski definition) is 0. The van der Waals surface area contributed by atoms with Gasteiger partial charge in [0.05, 0.1) is 4.91 Å². The van der Waals surface area contributed by atoms with Crippen LogP contribution in [-0.2, 0) is 4.79 Å². The molecule has 0 atom stereocenters. The first-order chi connectivity index (χ1) is 11.4. The first kappa shape index (κ1) is 17.0. The minimum absolute atomic E-state index is 0.000500. The molecule has 7 heteroatoms. The Bertz CT molecular complexity index is 764. The van der Waals surface area contributed by atoms with E-state index in [1.165, 1.54) is 24.3 Å². The second-order valence-corrected chi connectivity index (χ2v) is 4.47. The van der Waals surface area contributed by atoms with Crippen LogP contribution in [0.3, 0.4) is 0 Å². The number of esters is 1. The van der Waals surface area contributed by atoms with Gasteiger partial charge in [0.25, 0.3) is 11.1 Å². The van der Waals surface area contributed by atoms with Crippen LogP contribution in [0.15, 0.2) is 61.8 Å². The van der Waals surface area contributed by atoms with E-state index in [9.17, 15) is 18.5 Å². The smallest absolute Gasteiger partial charge is 0.335 e. The van der Waals surface area contributed by atoms with Gasteiger partial charge in [-0.25, -0.2) is 13.6 Å².